The number of amides is 4. The number of H-pyrrole nitrogens is 2. The van der Waals surface area contributed by atoms with Gasteiger partial charge >= 0.3 is 12.2 Å². The van der Waals surface area contributed by atoms with Crippen molar-refractivity contribution in [3.63, 3.8) is 0 Å². The molecule has 0 saturated carbocycles. The molecular weight excluding hydrogens is 696 g/mol. The number of carbonyl (C=O) groups is 4. The lowest BCUT2D eigenvalue weighted by Gasteiger charge is -2.27. The molecule has 0 aliphatic carbocycles. The molecule has 4 rings (SSSR count). The fourth-order valence-corrected chi connectivity index (χ4v) is 5.61. The first-order valence-electron chi connectivity index (χ1n) is 17.8. The molecule has 2 aromatic heterocycles. The molecule has 2 aromatic carbocycles. The number of aromatic amines is 2. The second-order valence-corrected chi connectivity index (χ2v) is 12.7. The quantitative estimate of drug-likeness (QED) is 0.104. The normalized spacial score (nSPS) is 12.3. The minimum atomic E-state index is -0.735. The van der Waals surface area contributed by atoms with E-state index in [0.29, 0.717) is 24.9 Å². The van der Waals surface area contributed by atoms with Crippen LogP contribution in [0.5, 0.6) is 0 Å². The summed E-state index contributed by atoms with van der Waals surface area (Å²) >= 11 is 0. The molecule has 16 nitrogen and oxygen atoms in total. The van der Waals surface area contributed by atoms with Crippen molar-refractivity contribution >= 4 is 24.0 Å². The van der Waals surface area contributed by atoms with Crippen LogP contribution in [0.15, 0.2) is 60.9 Å². The van der Waals surface area contributed by atoms with Gasteiger partial charge in [0.05, 0.1) is 50.8 Å². The molecule has 54 heavy (non-hydrogen) atoms. The molecule has 4 amide bonds. The zero-order valence-electron chi connectivity index (χ0n) is 32.0. The van der Waals surface area contributed by atoms with Crippen LogP contribution in [0.1, 0.15) is 78.2 Å². The van der Waals surface area contributed by atoms with Crippen LogP contribution in [-0.2, 0) is 28.5 Å². The number of ether oxygens (including phenoxy) is 4. The second kappa shape index (κ2) is 19.4. The molecular formula is C38H50N8O8. The number of hydrogen-bond donors (Lipinski definition) is 4. The number of methoxy groups -OCH3 is 2. The number of rotatable bonds is 15. The van der Waals surface area contributed by atoms with Gasteiger partial charge in [-0.15, -0.1) is 0 Å². The smallest absolute Gasteiger partial charge is 0.425 e. The van der Waals surface area contributed by atoms with Crippen LogP contribution in [-0.4, -0.2) is 93.5 Å². The van der Waals surface area contributed by atoms with Crippen molar-refractivity contribution in [2.24, 2.45) is 0 Å². The zero-order chi connectivity index (χ0) is 39.4. The maximum absolute atomic E-state index is 13.1. The summed E-state index contributed by atoms with van der Waals surface area (Å²) in [5.74, 6) is 0.300. The minimum absolute atomic E-state index is 0.0439. The summed E-state index contributed by atoms with van der Waals surface area (Å²) in [6, 6.07) is 15.4. The summed E-state index contributed by atoms with van der Waals surface area (Å²) in [4.78, 5) is 65.4. The predicted octanol–water partition coefficient (Wildman–Crippen LogP) is 6.09. The highest BCUT2D eigenvalue weighted by Crippen LogP contribution is 2.29. The third-order valence-corrected chi connectivity index (χ3v) is 8.35. The highest BCUT2D eigenvalue weighted by Gasteiger charge is 2.28. The van der Waals surface area contributed by atoms with Crippen LogP contribution in [0.3, 0.4) is 0 Å². The highest BCUT2D eigenvalue weighted by molar-refractivity contribution is 5.81. The number of hydrogen-bond acceptors (Lipinski definition) is 10. The SMILES string of the molecule is CCO[C@H](CC(=O)N(NC(=O)OC)C(C)C)c1ncc(-c2ccc(-c3ccc(-c4cnc([C@@H](CC(=O)N(NC(=O)OC)C(C)C)OCC)[nH]4)cc3)cc2)[nH]1. The van der Waals surface area contributed by atoms with E-state index in [1.165, 1.54) is 24.2 Å². The van der Waals surface area contributed by atoms with Gasteiger partial charge in [0.2, 0.25) is 11.8 Å². The van der Waals surface area contributed by atoms with Gasteiger partial charge in [0.1, 0.15) is 23.9 Å². The van der Waals surface area contributed by atoms with Crippen molar-refractivity contribution in [2.45, 2.75) is 78.7 Å². The Hall–Kier alpha value is -5.74. The van der Waals surface area contributed by atoms with E-state index in [1.807, 2.05) is 62.4 Å². The number of benzene rings is 2. The largest absolute Gasteiger partial charge is 0.452 e. The first-order chi connectivity index (χ1) is 25.9. The topological polar surface area (TPSA) is 193 Å². The molecule has 4 N–H and O–H groups in total. The van der Waals surface area contributed by atoms with Gasteiger partial charge in [-0.25, -0.2) is 40.4 Å². The van der Waals surface area contributed by atoms with Gasteiger partial charge in [-0.2, -0.15) is 0 Å². The monoisotopic (exact) mass is 746 g/mol. The van der Waals surface area contributed by atoms with Crippen molar-refractivity contribution in [2.75, 3.05) is 27.4 Å². The van der Waals surface area contributed by atoms with Crippen LogP contribution in [0, 0.1) is 0 Å². The molecule has 0 fully saturated rings. The number of nitrogens with one attached hydrogen (secondary N) is 4. The highest BCUT2D eigenvalue weighted by atomic mass is 16.5. The Bertz CT molecular complexity index is 1700. The fourth-order valence-electron chi connectivity index (χ4n) is 5.61. The van der Waals surface area contributed by atoms with E-state index in [9.17, 15) is 19.2 Å². The van der Waals surface area contributed by atoms with Crippen molar-refractivity contribution in [1.29, 1.82) is 0 Å². The molecule has 0 aliphatic heterocycles. The molecule has 0 unspecified atom stereocenters. The molecule has 16 heteroatoms. The number of carbonyl (C=O) groups excluding carboxylic acids is 4. The van der Waals surface area contributed by atoms with Gasteiger partial charge in [-0.05, 0) is 63.8 Å². The molecule has 0 bridgehead atoms. The maximum Gasteiger partial charge on any atom is 0.425 e. The molecule has 0 saturated heterocycles. The molecule has 2 heterocycles. The van der Waals surface area contributed by atoms with E-state index in [4.69, 9.17) is 9.47 Å². The first-order valence-corrected chi connectivity index (χ1v) is 17.8. The van der Waals surface area contributed by atoms with Crippen molar-refractivity contribution in [3.8, 4) is 33.6 Å². The van der Waals surface area contributed by atoms with Crippen molar-refractivity contribution in [3.05, 3.63) is 72.6 Å². The van der Waals surface area contributed by atoms with Crippen LogP contribution in [0.25, 0.3) is 33.6 Å². The summed E-state index contributed by atoms with van der Waals surface area (Å²) in [5, 5.41) is 2.44. The lowest BCUT2D eigenvalue weighted by atomic mass is 10.0. The molecule has 4 aromatic rings. The van der Waals surface area contributed by atoms with Crippen LogP contribution >= 0.6 is 0 Å². The van der Waals surface area contributed by atoms with Gasteiger partial charge in [0, 0.05) is 25.3 Å². The van der Waals surface area contributed by atoms with E-state index < -0.39 is 24.4 Å². The zero-order valence-corrected chi connectivity index (χ0v) is 32.0. The number of aromatic nitrogens is 4. The van der Waals surface area contributed by atoms with Crippen LogP contribution in [0.4, 0.5) is 9.59 Å². The first kappa shape index (κ1) is 41.0. The summed E-state index contributed by atoms with van der Waals surface area (Å²) in [7, 11) is 2.47. The third-order valence-electron chi connectivity index (χ3n) is 8.35. The van der Waals surface area contributed by atoms with Crippen LogP contribution < -0.4 is 10.9 Å². The van der Waals surface area contributed by atoms with E-state index in [2.05, 4.69) is 40.3 Å². The molecule has 0 aliphatic rings. The molecule has 2 atom stereocenters. The van der Waals surface area contributed by atoms with Crippen molar-refractivity contribution < 1.29 is 38.1 Å². The Kier molecular flexibility index (Phi) is 14.7. The molecule has 290 valence electrons. The van der Waals surface area contributed by atoms with Gasteiger partial charge in [0.25, 0.3) is 0 Å². The summed E-state index contributed by atoms with van der Waals surface area (Å²) in [5.41, 5.74) is 10.2. The fraction of sp³-hybridized carbons (Fsp3) is 0.421. The number of nitrogens with zero attached hydrogens (tertiary/aromatic N) is 4. The van der Waals surface area contributed by atoms with E-state index >= 15 is 0 Å². The van der Waals surface area contributed by atoms with Crippen LogP contribution in [0.2, 0.25) is 0 Å². The third kappa shape index (κ3) is 10.7. The molecule has 0 spiro atoms. The standard InChI is InChI=1S/C38H50N8O8/c1-9-53-31(19-33(47)45(23(3)4)43-37(49)51-7)35-39-21-29(41-35)27-15-11-25(12-16-27)26-13-17-28(18-14-26)30-22-40-36(42-30)32(54-10-2)20-34(48)46(24(5)6)44-38(50)52-8/h11-18,21-24,31-32H,9-10,19-20H2,1-8H3,(H,39,41)(H,40,42)(H,43,49)(H,44,50)/t31-,32-/m1/s1. The maximum atomic E-state index is 13.1. The van der Waals surface area contributed by atoms with E-state index in [-0.39, 0.29) is 36.7 Å². The molecule has 0 radical (unpaired) electrons. The lowest BCUT2D eigenvalue weighted by molar-refractivity contribution is -0.140. The number of imidazole rings is 2. The van der Waals surface area contributed by atoms with Crippen molar-refractivity contribution in [1.82, 2.24) is 40.8 Å². The van der Waals surface area contributed by atoms with Gasteiger partial charge in [-0.1, -0.05) is 48.5 Å². The average molecular weight is 747 g/mol. The van der Waals surface area contributed by atoms with E-state index in [1.54, 1.807) is 40.1 Å². The summed E-state index contributed by atoms with van der Waals surface area (Å²) in [6.07, 6.45) is 0.538. The van der Waals surface area contributed by atoms with Gasteiger partial charge in [0.15, 0.2) is 0 Å². The van der Waals surface area contributed by atoms with Gasteiger partial charge < -0.3 is 28.9 Å². The Labute approximate surface area is 314 Å². The minimum Gasteiger partial charge on any atom is -0.452 e. The second-order valence-electron chi connectivity index (χ2n) is 12.7. The lowest BCUT2D eigenvalue weighted by Crippen LogP contribution is -2.50. The Balaban J connectivity index is 1.43. The Morgan fingerprint density at radius 1 is 0.611 bits per heavy atom. The Morgan fingerprint density at radius 2 is 0.944 bits per heavy atom. The van der Waals surface area contributed by atoms with Gasteiger partial charge in [-0.3, -0.25) is 9.59 Å². The summed E-state index contributed by atoms with van der Waals surface area (Å²) < 4.78 is 21.0. The summed E-state index contributed by atoms with van der Waals surface area (Å²) in [6.45, 7) is 11.5. The predicted molar refractivity (Wildman–Crippen MR) is 200 cm³/mol. The number of hydrazine groups is 2. The van der Waals surface area contributed by atoms with E-state index in [0.717, 1.165) is 33.6 Å². The average Bonchev–Trinajstić information content (AvgIpc) is 3.87. The Morgan fingerprint density at radius 3 is 1.24 bits per heavy atom.